The molecule has 26 heavy (non-hydrogen) atoms. The molecule has 0 aliphatic heterocycles. The molecule has 1 aromatic carbocycles. The van der Waals surface area contributed by atoms with Crippen molar-refractivity contribution in [3.8, 4) is 0 Å². The van der Waals surface area contributed by atoms with E-state index in [4.69, 9.17) is 16.3 Å². The molecule has 8 nitrogen and oxygen atoms in total. The summed E-state index contributed by atoms with van der Waals surface area (Å²) in [7, 11) is 0. The predicted octanol–water partition coefficient (Wildman–Crippen LogP) is 2.16. The lowest BCUT2D eigenvalue weighted by atomic mass is 10.1. The monoisotopic (exact) mass is 372 g/mol. The second kappa shape index (κ2) is 7.32. The van der Waals surface area contributed by atoms with Crippen molar-refractivity contribution >= 4 is 40.1 Å². The van der Waals surface area contributed by atoms with E-state index in [0.717, 1.165) is 0 Å². The van der Waals surface area contributed by atoms with Crippen LogP contribution in [0.25, 0.3) is 10.8 Å². The fraction of sp³-hybridized carbons (Fsp3) is 0.118. The Morgan fingerprint density at radius 2 is 1.92 bits per heavy atom. The van der Waals surface area contributed by atoms with Crippen LogP contribution in [0.2, 0.25) is 5.02 Å². The zero-order valence-corrected chi connectivity index (χ0v) is 14.3. The Bertz CT molecular complexity index is 1030. The minimum absolute atomic E-state index is 0.0792. The molecule has 0 saturated carbocycles. The number of aromatic nitrogens is 3. The molecular weight excluding hydrogens is 360 g/mol. The number of halogens is 1. The number of rotatable bonds is 4. The van der Waals surface area contributed by atoms with E-state index in [9.17, 15) is 14.4 Å². The van der Waals surface area contributed by atoms with Crippen molar-refractivity contribution in [1.29, 1.82) is 0 Å². The summed E-state index contributed by atoms with van der Waals surface area (Å²) in [5.41, 5.74) is -0.499. The molecule has 132 valence electrons. The molecule has 0 aliphatic rings. The lowest BCUT2D eigenvalue weighted by Crippen LogP contribution is -2.31. The van der Waals surface area contributed by atoms with Crippen molar-refractivity contribution < 1.29 is 14.3 Å². The van der Waals surface area contributed by atoms with Crippen LogP contribution in [0.4, 0.5) is 5.82 Å². The lowest BCUT2D eigenvalue weighted by molar-refractivity contribution is -0.123. The van der Waals surface area contributed by atoms with E-state index in [2.05, 4.69) is 20.5 Å². The van der Waals surface area contributed by atoms with Crippen molar-refractivity contribution in [2.24, 2.45) is 0 Å². The Morgan fingerprint density at radius 3 is 2.62 bits per heavy atom. The maximum atomic E-state index is 12.4. The van der Waals surface area contributed by atoms with Gasteiger partial charge >= 0.3 is 5.97 Å². The number of esters is 1. The SMILES string of the molecule is C[C@H](OC(=O)c1n[nH]c(=O)c2ccccc12)C(=O)Nc1ccc(Cl)cn1. The Morgan fingerprint density at radius 1 is 1.19 bits per heavy atom. The first kappa shape index (κ1) is 17.6. The molecule has 0 spiro atoms. The molecule has 9 heteroatoms. The third kappa shape index (κ3) is 3.70. The zero-order valence-electron chi connectivity index (χ0n) is 13.5. The number of carbonyl (C=O) groups excluding carboxylic acids is 2. The number of nitrogens with one attached hydrogen (secondary N) is 2. The average Bonchev–Trinajstić information content (AvgIpc) is 2.64. The highest BCUT2D eigenvalue weighted by atomic mass is 35.5. The van der Waals surface area contributed by atoms with Crippen LogP contribution in [0, 0.1) is 0 Å². The molecule has 3 rings (SSSR count). The van der Waals surface area contributed by atoms with Gasteiger partial charge in [-0.2, -0.15) is 5.10 Å². The molecule has 0 fully saturated rings. The normalized spacial score (nSPS) is 11.8. The van der Waals surface area contributed by atoms with Crippen LogP contribution in [0.15, 0.2) is 47.4 Å². The van der Waals surface area contributed by atoms with Gasteiger partial charge in [-0.25, -0.2) is 14.9 Å². The van der Waals surface area contributed by atoms with E-state index < -0.39 is 23.5 Å². The van der Waals surface area contributed by atoms with Crippen LogP contribution < -0.4 is 10.9 Å². The highest BCUT2D eigenvalue weighted by Gasteiger charge is 2.22. The summed E-state index contributed by atoms with van der Waals surface area (Å²) >= 11 is 5.73. The summed E-state index contributed by atoms with van der Waals surface area (Å²) in [5.74, 6) is -1.12. The van der Waals surface area contributed by atoms with Crippen LogP contribution in [0.3, 0.4) is 0 Å². The minimum Gasteiger partial charge on any atom is -0.448 e. The van der Waals surface area contributed by atoms with Crippen LogP contribution in [-0.2, 0) is 9.53 Å². The largest absolute Gasteiger partial charge is 0.448 e. The molecule has 0 bridgehead atoms. The molecule has 1 amide bonds. The molecule has 3 aromatic rings. The van der Waals surface area contributed by atoms with Crippen LogP contribution in [0.5, 0.6) is 0 Å². The first-order chi connectivity index (χ1) is 12.5. The summed E-state index contributed by atoms with van der Waals surface area (Å²) < 4.78 is 5.15. The van der Waals surface area contributed by atoms with Gasteiger partial charge in [0.25, 0.3) is 11.5 Å². The summed E-state index contributed by atoms with van der Waals surface area (Å²) in [6.45, 7) is 1.41. The second-order valence-corrected chi connectivity index (χ2v) is 5.78. The van der Waals surface area contributed by atoms with Gasteiger partial charge in [0.05, 0.1) is 10.4 Å². The van der Waals surface area contributed by atoms with Gasteiger partial charge in [-0.1, -0.05) is 29.8 Å². The number of hydrogen-bond donors (Lipinski definition) is 2. The van der Waals surface area contributed by atoms with Crippen LogP contribution >= 0.6 is 11.6 Å². The van der Waals surface area contributed by atoms with Gasteiger partial charge in [0.15, 0.2) is 11.8 Å². The van der Waals surface area contributed by atoms with Crippen molar-refractivity contribution in [2.45, 2.75) is 13.0 Å². The average molecular weight is 373 g/mol. The van der Waals surface area contributed by atoms with Crippen molar-refractivity contribution in [3.63, 3.8) is 0 Å². The van der Waals surface area contributed by atoms with Crippen LogP contribution in [0.1, 0.15) is 17.4 Å². The van der Waals surface area contributed by atoms with E-state index in [0.29, 0.717) is 15.8 Å². The topological polar surface area (TPSA) is 114 Å². The number of nitrogens with zero attached hydrogens (tertiary/aromatic N) is 2. The number of pyridine rings is 1. The number of H-pyrrole nitrogens is 1. The number of ether oxygens (including phenoxy) is 1. The standard InChI is InChI=1S/C17H13ClN4O4/c1-9(15(23)20-13-7-6-10(18)8-19-13)26-17(25)14-11-4-2-3-5-12(11)16(24)22-21-14/h2-9H,1H3,(H,22,24)(H,19,20,23)/t9-/m0/s1. The number of hydrogen-bond acceptors (Lipinski definition) is 6. The molecule has 0 unspecified atom stereocenters. The highest BCUT2D eigenvalue weighted by molar-refractivity contribution is 6.30. The number of anilines is 1. The highest BCUT2D eigenvalue weighted by Crippen LogP contribution is 2.15. The Hall–Kier alpha value is -3.26. The third-order valence-electron chi connectivity index (χ3n) is 3.52. The van der Waals surface area contributed by atoms with Gasteiger partial charge in [-0.05, 0) is 25.1 Å². The molecule has 0 radical (unpaired) electrons. The molecule has 2 heterocycles. The number of amides is 1. The summed E-state index contributed by atoms with van der Waals surface area (Å²) in [6.07, 6.45) is 0.275. The van der Waals surface area contributed by atoms with E-state index in [1.165, 1.54) is 19.2 Å². The summed E-state index contributed by atoms with van der Waals surface area (Å²) in [6, 6.07) is 9.57. The molecule has 1 atom stereocenters. The molecule has 2 aromatic heterocycles. The van der Waals surface area contributed by atoms with E-state index in [-0.39, 0.29) is 11.5 Å². The maximum absolute atomic E-state index is 12.4. The Labute approximate surface area is 152 Å². The lowest BCUT2D eigenvalue weighted by Gasteiger charge is -2.13. The van der Waals surface area contributed by atoms with Crippen LogP contribution in [-0.4, -0.2) is 33.2 Å². The predicted molar refractivity (Wildman–Crippen MR) is 95.1 cm³/mol. The fourth-order valence-corrected chi connectivity index (χ4v) is 2.33. The maximum Gasteiger partial charge on any atom is 0.360 e. The Kier molecular flexibility index (Phi) is 4.94. The number of benzene rings is 1. The van der Waals surface area contributed by atoms with Crippen molar-refractivity contribution in [2.75, 3.05) is 5.32 Å². The van der Waals surface area contributed by atoms with E-state index >= 15 is 0 Å². The molecule has 0 saturated heterocycles. The molecule has 0 aliphatic carbocycles. The summed E-state index contributed by atoms with van der Waals surface area (Å²) in [4.78, 5) is 40.2. The quantitative estimate of drug-likeness (QED) is 0.678. The van der Waals surface area contributed by atoms with Gasteiger partial charge < -0.3 is 10.1 Å². The summed E-state index contributed by atoms with van der Waals surface area (Å²) in [5, 5.41) is 9.56. The van der Waals surface area contributed by atoms with Crippen molar-refractivity contribution in [1.82, 2.24) is 15.2 Å². The number of carbonyl (C=O) groups is 2. The van der Waals surface area contributed by atoms with Gasteiger partial charge in [0.2, 0.25) is 0 Å². The van der Waals surface area contributed by atoms with Gasteiger partial charge in [-0.15, -0.1) is 0 Å². The first-order valence-corrected chi connectivity index (χ1v) is 7.94. The van der Waals surface area contributed by atoms with Gasteiger partial charge in [-0.3, -0.25) is 9.59 Å². The zero-order chi connectivity index (χ0) is 18.7. The van der Waals surface area contributed by atoms with E-state index in [1.807, 2.05) is 0 Å². The van der Waals surface area contributed by atoms with E-state index in [1.54, 1.807) is 30.3 Å². The fourth-order valence-electron chi connectivity index (χ4n) is 2.22. The number of aromatic amines is 1. The first-order valence-electron chi connectivity index (χ1n) is 7.56. The third-order valence-corrected chi connectivity index (χ3v) is 3.74. The second-order valence-electron chi connectivity index (χ2n) is 5.35. The van der Waals surface area contributed by atoms with Gasteiger partial charge in [0, 0.05) is 11.6 Å². The van der Waals surface area contributed by atoms with Gasteiger partial charge in [0.1, 0.15) is 5.82 Å². The number of fused-ring (bicyclic) bond motifs is 1. The Balaban J connectivity index is 1.75. The molecular formula is C17H13ClN4O4. The molecule has 2 N–H and O–H groups in total. The minimum atomic E-state index is -1.10. The smallest absolute Gasteiger partial charge is 0.360 e. The van der Waals surface area contributed by atoms with Crippen molar-refractivity contribution in [3.05, 3.63) is 63.7 Å².